The van der Waals surface area contributed by atoms with Crippen LogP contribution in [0, 0.1) is 11.9 Å². The Hall–Kier alpha value is -1.45. The van der Waals surface area contributed by atoms with Gasteiger partial charge in [0.25, 0.3) is 5.91 Å². The van der Waals surface area contributed by atoms with Gasteiger partial charge >= 0.3 is 0 Å². The summed E-state index contributed by atoms with van der Waals surface area (Å²) in [4.78, 5) is 14.9. The molecule has 80 valence electrons. The van der Waals surface area contributed by atoms with Crippen molar-refractivity contribution in [1.82, 2.24) is 10.3 Å². The molecule has 1 N–H and O–H groups in total. The summed E-state index contributed by atoms with van der Waals surface area (Å²) in [5.74, 6) is 0.0596. The number of nitrogens with zero attached hydrogens (tertiary/aromatic N) is 1. The number of nitrogens with one attached hydrogen (secondary N) is 1. The average Bonchev–Trinajstić information content (AvgIpc) is 3.02. The molecule has 2 rings (SSSR count). The molecule has 15 heavy (non-hydrogen) atoms. The van der Waals surface area contributed by atoms with E-state index in [1.807, 2.05) is 0 Å². The number of hydrogen-bond acceptors (Lipinski definition) is 2. The van der Waals surface area contributed by atoms with Crippen LogP contribution in [-0.2, 0) is 0 Å². The SMILES string of the molecule is O=C(NCCC1CC1)c1ccc(F)nc1. The quantitative estimate of drug-likeness (QED) is 0.766. The van der Waals surface area contributed by atoms with Crippen molar-refractivity contribution in [2.75, 3.05) is 6.54 Å². The smallest absolute Gasteiger partial charge is 0.252 e. The lowest BCUT2D eigenvalue weighted by molar-refractivity contribution is 0.0952. The van der Waals surface area contributed by atoms with Crippen molar-refractivity contribution in [3.05, 3.63) is 29.8 Å². The monoisotopic (exact) mass is 208 g/mol. The number of carbonyl (C=O) groups is 1. The molecule has 0 spiro atoms. The van der Waals surface area contributed by atoms with E-state index in [4.69, 9.17) is 0 Å². The standard InChI is InChI=1S/C11H13FN2O/c12-10-4-3-9(7-14-10)11(15)13-6-5-8-1-2-8/h3-4,7-8H,1-2,5-6H2,(H,13,15). The third kappa shape index (κ3) is 3.01. The van der Waals surface area contributed by atoms with Gasteiger partial charge in [0.15, 0.2) is 0 Å². The molecule has 0 aliphatic heterocycles. The van der Waals surface area contributed by atoms with Crippen molar-refractivity contribution in [2.24, 2.45) is 5.92 Å². The summed E-state index contributed by atoms with van der Waals surface area (Å²) in [5, 5.41) is 2.79. The Morgan fingerprint density at radius 2 is 2.33 bits per heavy atom. The largest absolute Gasteiger partial charge is 0.352 e. The summed E-state index contributed by atoms with van der Waals surface area (Å²) in [7, 11) is 0. The van der Waals surface area contributed by atoms with Gasteiger partial charge in [-0.1, -0.05) is 12.8 Å². The van der Waals surface area contributed by atoms with Gasteiger partial charge < -0.3 is 5.32 Å². The van der Waals surface area contributed by atoms with E-state index in [-0.39, 0.29) is 5.91 Å². The van der Waals surface area contributed by atoms with Crippen LogP contribution in [0.5, 0.6) is 0 Å². The first-order chi connectivity index (χ1) is 7.25. The number of halogens is 1. The first kappa shape index (κ1) is 10.1. The van der Waals surface area contributed by atoms with E-state index in [1.54, 1.807) is 0 Å². The second kappa shape index (κ2) is 4.38. The number of rotatable bonds is 4. The van der Waals surface area contributed by atoms with Crippen LogP contribution in [0.25, 0.3) is 0 Å². The molecule has 0 bridgehead atoms. The molecule has 1 fully saturated rings. The third-order valence-electron chi connectivity index (χ3n) is 2.52. The van der Waals surface area contributed by atoms with Gasteiger partial charge in [-0.2, -0.15) is 4.39 Å². The van der Waals surface area contributed by atoms with Crippen LogP contribution in [-0.4, -0.2) is 17.4 Å². The van der Waals surface area contributed by atoms with E-state index >= 15 is 0 Å². The molecule has 4 heteroatoms. The maximum Gasteiger partial charge on any atom is 0.252 e. The number of pyridine rings is 1. The molecular formula is C11H13FN2O. The van der Waals surface area contributed by atoms with Gasteiger partial charge in [-0.3, -0.25) is 4.79 Å². The zero-order valence-corrected chi connectivity index (χ0v) is 8.37. The van der Waals surface area contributed by atoms with Crippen LogP contribution < -0.4 is 5.32 Å². The molecule has 1 aromatic heterocycles. The van der Waals surface area contributed by atoms with E-state index in [9.17, 15) is 9.18 Å². The van der Waals surface area contributed by atoms with Crippen LogP contribution in [0.2, 0.25) is 0 Å². The van der Waals surface area contributed by atoms with Crippen molar-refractivity contribution in [2.45, 2.75) is 19.3 Å². The van der Waals surface area contributed by atoms with Gasteiger partial charge in [0, 0.05) is 12.7 Å². The Bertz CT molecular complexity index is 346. The summed E-state index contributed by atoms with van der Waals surface area (Å²) >= 11 is 0. The first-order valence-electron chi connectivity index (χ1n) is 5.15. The molecule has 1 amide bonds. The molecule has 0 unspecified atom stereocenters. The van der Waals surface area contributed by atoms with E-state index in [0.717, 1.165) is 12.3 Å². The summed E-state index contributed by atoms with van der Waals surface area (Å²) in [6, 6.07) is 2.63. The Labute approximate surface area is 87.7 Å². The number of amides is 1. The number of aromatic nitrogens is 1. The van der Waals surface area contributed by atoms with Gasteiger partial charge in [0.1, 0.15) is 0 Å². The summed E-state index contributed by atoms with van der Waals surface area (Å²) < 4.78 is 12.5. The summed E-state index contributed by atoms with van der Waals surface area (Å²) in [5.41, 5.74) is 0.409. The van der Waals surface area contributed by atoms with Gasteiger partial charge in [0.2, 0.25) is 5.95 Å². The van der Waals surface area contributed by atoms with Crippen molar-refractivity contribution >= 4 is 5.91 Å². The molecule has 1 saturated carbocycles. The van der Waals surface area contributed by atoms with Crippen LogP contribution in [0.3, 0.4) is 0 Å². The zero-order valence-electron chi connectivity index (χ0n) is 8.37. The van der Waals surface area contributed by atoms with Gasteiger partial charge in [-0.05, 0) is 24.5 Å². The van der Waals surface area contributed by atoms with Gasteiger partial charge in [0.05, 0.1) is 5.56 Å². The average molecular weight is 208 g/mol. The zero-order chi connectivity index (χ0) is 10.7. The first-order valence-corrected chi connectivity index (χ1v) is 5.15. The van der Waals surface area contributed by atoms with Crippen LogP contribution in [0.4, 0.5) is 4.39 Å². The minimum atomic E-state index is -0.565. The highest BCUT2D eigenvalue weighted by molar-refractivity contribution is 5.93. The molecule has 0 radical (unpaired) electrons. The number of carbonyl (C=O) groups excluding carboxylic acids is 1. The Kier molecular flexibility index (Phi) is 2.94. The van der Waals surface area contributed by atoms with Crippen molar-refractivity contribution in [3.63, 3.8) is 0 Å². The fourth-order valence-electron chi connectivity index (χ4n) is 1.41. The molecule has 0 aromatic carbocycles. The second-order valence-corrected chi connectivity index (χ2v) is 3.86. The minimum absolute atomic E-state index is 0.178. The Morgan fingerprint density at radius 1 is 1.53 bits per heavy atom. The lowest BCUT2D eigenvalue weighted by Gasteiger charge is -2.03. The highest BCUT2D eigenvalue weighted by atomic mass is 19.1. The predicted molar refractivity (Wildman–Crippen MR) is 53.9 cm³/mol. The minimum Gasteiger partial charge on any atom is -0.352 e. The molecule has 1 aliphatic carbocycles. The Morgan fingerprint density at radius 3 is 2.93 bits per heavy atom. The number of hydrogen-bond donors (Lipinski definition) is 1. The summed E-state index contributed by atoms with van der Waals surface area (Å²) in [6.45, 7) is 0.695. The third-order valence-corrected chi connectivity index (χ3v) is 2.52. The topological polar surface area (TPSA) is 42.0 Å². The molecule has 0 saturated heterocycles. The van der Waals surface area contributed by atoms with Crippen LogP contribution in [0.1, 0.15) is 29.6 Å². The highest BCUT2D eigenvalue weighted by Gasteiger charge is 2.20. The second-order valence-electron chi connectivity index (χ2n) is 3.86. The molecule has 1 aliphatic rings. The lowest BCUT2D eigenvalue weighted by Crippen LogP contribution is -2.24. The molecule has 1 aromatic rings. The van der Waals surface area contributed by atoms with E-state index < -0.39 is 5.95 Å². The maximum atomic E-state index is 12.5. The van der Waals surface area contributed by atoms with Crippen molar-refractivity contribution in [3.8, 4) is 0 Å². The van der Waals surface area contributed by atoms with E-state index in [2.05, 4.69) is 10.3 Å². The summed E-state index contributed by atoms with van der Waals surface area (Å²) in [6.07, 6.45) is 4.87. The molecule has 3 nitrogen and oxygen atoms in total. The lowest BCUT2D eigenvalue weighted by atomic mass is 10.2. The van der Waals surface area contributed by atoms with Gasteiger partial charge in [-0.25, -0.2) is 4.98 Å². The van der Waals surface area contributed by atoms with Crippen LogP contribution >= 0.6 is 0 Å². The van der Waals surface area contributed by atoms with Gasteiger partial charge in [-0.15, -0.1) is 0 Å². The predicted octanol–water partition coefficient (Wildman–Crippen LogP) is 1.75. The van der Waals surface area contributed by atoms with Crippen LogP contribution in [0.15, 0.2) is 18.3 Å². The van der Waals surface area contributed by atoms with Crippen molar-refractivity contribution in [1.29, 1.82) is 0 Å². The molecule has 0 atom stereocenters. The maximum absolute atomic E-state index is 12.5. The van der Waals surface area contributed by atoms with E-state index in [0.29, 0.717) is 12.1 Å². The van der Waals surface area contributed by atoms with E-state index in [1.165, 1.54) is 31.2 Å². The molecular weight excluding hydrogens is 195 g/mol. The molecule has 1 heterocycles. The highest BCUT2D eigenvalue weighted by Crippen LogP contribution is 2.31. The fourth-order valence-corrected chi connectivity index (χ4v) is 1.41. The normalized spacial score (nSPS) is 15.0. The van der Waals surface area contributed by atoms with Crippen molar-refractivity contribution < 1.29 is 9.18 Å². The fraction of sp³-hybridized carbons (Fsp3) is 0.455. The Balaban J connectivity index is 1.81.